The van der Waals surface area contributed by atoms with Crippen LogP contribution in [-0.4, -0.2) is 40.0 Å². The van der Waals surface area contributed by atoms with E-state index in [1.54, 1.807) is 17.3 Å². The van der Waals surface area contributed by atoms with E-state index in [1.165, 1.54) is 0 Å². The number of hydrogen-bond acceptors (Lipinski definition) is 4. The predicted octanol–water partition coefficient (Wildman–Crippen LogP) is 3.46. The third-order valence-electron chi connectivity index (χ3n) is 5.32. The lowest BCUT2D eigenvalue weighted by atomic mass is 9.86. The third-order valence-corrected chi connectivity index (χ3v) is 5.32. The van der Waals surface area contributed by atoms with E-state index in [1.807, 2.05) is 45.0 Å². The van der Waals surface area contributed by atoms with Gasteiger partial charge in [-0.1, -0.05) is 13.0 Å². The molecule has 0 saturated carbocycles. The fraction of sp³-hybridized carbons (Fsp3) is 0.409. The number of aromatic nitrogens is 1. The van der Waals surface area contributed by atoms with Crippen molar-refractivity contribution in [3.8, 4) is 5.75 Å². The molecule has 6 nitrogen and oxygen atoms in total. The van der Waals surface area contributed by atoms with Gasteiger partial charge in [0.2, 0.25) is 0 Å². The molecular formula is C22H26N2O4. The largest absolute Gasteiger partial charge is 0.488 e. The molecule has 1 aliphatic rings. The number of likely N-dealkylation sites (tertiary alicyclic amines) is 1. The highest BCUT2D eigenvalue weighted by Crippen LogP contribution is 2.28. The number of carbonyl (C=O) groups is 2. The van der Waals surface area contributed by atoms with Crippen molar-refractivity contribution < 1.29 is 19.4 Å². The highest BCUT2D eigenvalue weighted by atomic mass is 16.5. The Kier molecular flexibility index (Phi) is 5.97. The molecule has 1 fully saturated rings. The van der Waals surface area contributed by atoms with Gasteiger partial charge in [0.1, 0.15) is 12.4 Å². The molecule has 1 aromatic heterocycles. The SMILES string of the molecule is Cc1cc(C(=O)N2CCC(C(=O)O)C(C)C2)cc(C)c1OCc1cccnc1. The number of carboxylic acid groups (broad SMARTS) is 1. The van der Waals surface area contributed by atoms with Crippen molar-refractivity contribution in [2.75, 3.05) is 13.1 Å². The molecule has 2 atom stereocenters. The van der Waals surface area contributed by atoms with Crippen LogP contribution in [0.25, 0.3) is 0 Å². The number of carbonyl (C=O) groups excluding carboxylic acids is 1. The Labute approximate surface area is 165 Å². The lowest BCUT2D eigenvalue weighted by molar-refractivity contribution is -0.145. The fourth-order valence-corrected chi connectivity index (χ4v) is 3.82. The molecule has 1 N–H and O–H groups in total. The predicted molar refractivity (Wildman–Crippen MR) is 105 cm³/mol. The molecule has 0 spiro atoms. The average molecular weight is 382 g/mol. The second kappa shape index (κ2) is 8.42. The Balaban J connectivity index is 1.71. The first-order valence-corrected chi connectivity index (χ1v) is 9.52. The van der Waals surface area contributed by atoms with E-state index in [4.69, 9.17) is 4.74 Å². The van der Waals surface area contributed by atoms with Gasteiger partial charge in [-0.25, -0.2) is 0 Å². The van der Waals surface area contributed by atoms with Crippen LogP contribution in [0.15, 0.2) is 36.7 Å². The quantitative estimate of drug-likeness (QED) is 0.857. The third kappa shape index (κ3) is 4.32. The highest BCUT2D eigenvalue weighted by molar-refractivity contribution is 5.95. The van der Waals surface area contributed by atoms with Crippen molar-refractivity contribution >= 4 is 11.9 Å². The molecule has 0 bridgehead atoms. The summed E-state index contributed by atoms with van der Waals surface area (Å²) in [6, 6.07) is 7.52. The first-order chi connectivity index (χ1) is 13.4. The highest BCUT2D eigenvalue weighted by Gasteiger charge is 2.33. The molecule has 0 radical (unpaired) electrons. The Hall–Kier alpha value is -2.89. The molecule has 28 heavy (non-hydrogen) atoms. The molecule has 1 saturated heterocycles. The first kappa shape index (κ1) is 19.9. The Morgan fingerprint density at radius 3 is 2.57 bits per heavy atom. The smallest absolute Gasteiger partial charge is 0.306 e. The van der Waals surface area contributed by atoms with Crippen LogP contribution in [0.1, 0.15) is 40.4 Å². The number of hydrogen-bond donors (Lipinski definition) is 1. The second-order valence-corrected chi connectivity index (χ2v) is 7.55. The Bertz CT molecular complexity index is 843. The average Bonchev–Trinajstić information content (AvgIpc) is 2.67. The summed E-state index contributed by atoms with van der Waals surface area (Å²) in [5.41, 5.74) is 3.41. The van der Waals surface area contributed by atoms with Crippen molar-refractivity contribution in [3.63, 3.8) is 0 Å². The molecule has 2 heterocycles. The molecule has 6 heteroatoms. The maximum absolute atomic E-state index is 12.9. The second-order valence-electron chi connectivity index (χ2n) is 7.55. The van der Waals surface area contributed by atoms with E-state index < -0.39 is 5.97 Å². The van der Waals surface area contributed by atoms with Crippen molar-refractivity contribution in [2.45, 2.75) is 33.8 Å². The van der Waals surface area contributed by atoms with Crippen molar-refractivity contribution in [1.82, 2.24) is 9.88 Å². The number of amides is 1. The Morgan fingerprint density at radius 1 is 1.29 bits per heavy atom. The summed E-state index contributed by atoms with van der Waals surface area (Å²) < 4.78 is 5.96. The molecule has 2 aromatic rings. The molecular weight excluding hydrogens is 356 g/mol. The van der Waals surface area contributed by atoms with Crippen LogP contribution in [-0.2, 0) is 11.4 Å². The van der Waals surface area contributed by atoms with E-state index >= 15 is 0 Å². The number of carboxylic acids is 1. The van der Waals surface area contributed by atoms with Gasteiger partial charge in [0.15, 0.2) is 0 Å². The van der Waals surface area contributed by atoms with Gasteiger partial charge in [0.05, 0.1) is 5.92 Å². The van der Waals surface area contributed by atoms with Gasteiger partial charge in [0, 0.05) is 36.6 Å². The van der Waals surface area contributed by atoms with Crippen LogP contribution < -0.4 is 4.74 Å². The van der Waals surface area contributed by atoms with E-state index in [9.17, 15) is 14.7 Å². The number of benzene rings is 1. The van der Waals surface area contributed by atoms with Crippen LogP contribution >= 0.6 is 0 Å². The summed E-state index contributed by atoms with van der Waals surface area (Å²) >= 11 is 0. The first-order valence-electron chi connectivity index (χ1n) is 9.52. The van der Waals surface area contributed by atoms with Crippen molar-refractivity contribution in [1.29, 1.82) is 0 Å². The van der Waals surface area contributed by atoms with Crippen LogP contribution in [0.2, 0.25) is 0 Å². The minimum Gasteiger partial charge on any atom is -0.488 e. The van der Waals surface area contributed by atoms with Crippen LogP contribution in [0.4, 0.5) is 0 Å². The molecule has 0 aliphatic carbocycles. The molecule has 2 unspecified atom stereocenters. The standard InChI is InChI=1S/C22H26N2O4/c1-14-9-18(21(25)24-8-6-19(22(26)27)16(3)12-24)10-15(2)20(14)28-13-17-5-4-7-23-11-17/h4-5,7,9-11,16,19H,6,8,12-13H2,1-3H3,(H,26,27). The summed E-state index contributed by atoms with van der Waals surface area (Å²) in [5.74, 6) is -0.490. The maximum atomic E-state index is 12.9. The molecule has 148 valence electrons. The summed E-state index contributed by atoms with van der Waals surface area (Å²) in [4.78, 5) is 30.1. The van der Waals surface area contributed by atoms with Gasteiger partial charge in [-0.2, -0.15) is 0 Å². The number of nitrogens with zero attached hydrogens (tertiary/aromatic N) is 2. The topological polar surface area (TPSA) is 79.7 Å². The number of aliphatic carboxylic acids is 1. The maximum Gasteiger partial charge on any atom is 0.306 e. The zero-order valence-corrected chi connectivity index (χ0v) is 16.5. The number of rotatable bonds is 5. The normalized spacial score (nSPS) is 19.3. The molecule has 3 rings (SSSR count). The monoisotopic (exact) mass is 382 g/mol. The van der Waals surface area contributed by atoms with E-state index in [0.29, 0.717) is 31.7 Å². The van der Waals surface area contributed by atoms with Crippen molar-refractivity contribution in [2.24, 2.45) is 11.8 Å². The van der Waals surface area contributed by atoms with Gasteiger partial charge in [-0.3, -0.25) is 14.6 Å². The van der Waals surface area contributed by atoms with Gasteiger partial charge in [-0.15, -0.1) is 0 Å². The van der Waals surface area contributed by atoms with Crippen LogP contribution in [0.3, 0.4) is 0 Å². The summed E-state index contributed by atoms with van der Waals surface area (Å²) in [7, 11) is 0. The molecule has 1 aromatic carbocycles. The zero-order chi connectivity index (χ0) is 20.3. The lowest BCUT2D eigenvalue weighted by Crippen LogP contribution is -2.45. The zero-order valence-electron chi connectivity index (χ0n) is 16.5. The van der Waals surface area contributed by atoms with Gasteiger partial charge < -0.3 is 14.7 Å². The van der Waals surface area contributed by atoms with Gasteiger partial charge in [-0.05, 0) is 55.5 Å². The minimum absolute atomic E-state index is 0.0549. The number of pyridine rings is 1. The Morgan fingerprint density at radius 2 is 2.00 bits per heavy atom. The summed E-state index contributed by atoms with van der Waals surface area (Å²) in [6.07, 6.45) is 3.98. The van der Waals surface area contributed by atoms with E-state index in [0.717, 1.165) is 22.4 Å². The van der Waals surface area contributed by atoms with Gasteiger partial charge >= 0.3 is 5.97 Å². The lowest BCUT2D eigenvalue weighted by Gasteiger charge is -2.35. The summed E-state index contributed by atoms with van der Waals surface area (Å²) in [5, 5.41) is 9.27. The van der Waals surface area contributed by atoms with E-state index in [-0.39, 0.29) is 17.7 Å². The fourth-order valence-electron chi connectivity index (χ4n) is 3.82. The number of aryl methyl sites for hydroxylation is 2. The van der Waals surface area contributed by atoms with Crippen LogP contribution in [0.5, 0.6) is 5.75 Å². The number of ether oxygens (including phenoxy) is 1. The van der Waals surface area contributed by atoms with Gasteiger partial charge in [0.25, 0.3) is 5.91 Å². The van der Waals surface area contributed by atoms with E-state index in [2.05, 4.69) is 4.98 Å². The minimum atomic E-state index is -0.776. The van der Waals surface area contributed by atoms with Crippen molar-refractivity contribution in [3.05, 3.63) is 58.9 Å². The molecule has 1 aliphatic heterocycles. The number of piperidine rings is 1. The molecule has 1 amide bonds. The summed E-state index contributed by atoms with van der Waals surface area (Å²) in [6.45, 7) is 7.11. The van der Waals surface area contributed by atoms with Crippen LogP contribution in [0, 0.1) is 25.7 Å².